The molecule has 30 heavy (non-hydrogen) atoms. The number of piperazine rings is 1. The van der Waals surface area contributed by atoms with E-state index in [-0.39, 0.29) is 34.7 Å². The maximum Gasteiger partial charge on any atom is 0.325 e. The molecule has 0 saturated carbocycles. The number of halogens is 4. The summed E-state index contributed by atoms with van der Waals surface area (Å²) < 4.78 is 29.2. The molecule has 3 amide bonds. The molecule has 2 aromatic heterocycles. The van der Waals surface area contributed by atoms with Gasteiger partial charge in [-0.25, -0.2) is 23.5 Å². The van der Waals surface area contributed by atoms with E-state index in [9.17, 15) is 18.4 Å². The lowest BCUT2D eigenvalue weighted by molar-refractivity contribution is -0.122. The number of aromatic nitrogens is 2. The number of rotatable bonds is 2. The van der Waals surface area contributed by atoms with E-state index in [0.717, 1.165) is 12.1 Å². The number of carbonyl (C=O) groups is 2. The molecular formula is C18H13Cl2F2N5O2S. The van der Waals surface area contributed by atoms with Gasteiger partial charge in [-0.1, -0.05) is 11.6 Å². The number of carbonyl (C=O) groups excluding carboxylic acids is 2. The van der Waals surface area contributed by atoms with Crippen molar-refractivity contribution in [2.24, 2.45) is 0 Å². The Kier molecular flexibility index (Phi) is 5.35. The molecule has 0 bridgehead atoms. The SMILES string of the molecule is Cl.O=C1NC(=O)N2C1CNCC2c1nc(-c2cc(F)c(Cl)cc2F)nc2ccsc12. The van der Waals surface area contributed by atoms with Gasteiger partial charge in [-0.3, -0.25) is 10.1 Å². The largest absolute Gasteiger partial charge is 0.325 e. The number of hydrogen-bond acceptors (Lipinski definition) is 6. The molecular weight excluding hydrogens is 459 g/mol. The minimum absolute atomic E-state index is 0. The van der Waals surface area contributed by atoms with Gasteiger partial charge in [0.25, 0.3) is 5.91 Å². The second-order valence-corrected chi connectivity index (χ2v) is 8.03. The third kappa shape index (κ3) is 3.20. The van der Waals surface area contributed by atoms with Crippen LogP contribution in [0, 0.1) is 11.6 Å². The Hall–Kier alpha value is -2.40. The molecule has 12 heteroatoms. The Morgan fingerprint density at radius 1 is 1.13 bits per heavy atom. The molecule has 1 aromatic carbocycles. The minimum Gasteiger partial charge on any atom is -0.312 e. The first-order valence-electron chi connectivity index (χ1n) is 8.68. The molecule has 2 atom stereocenters. The molecule has 2 aliphatic rings. The van der Waals surface area contributed by atoms with Crippen molar-refractivity contribution in [2.75, 3.05) is 13.1 Å². The number of amides is 3. The van der Waals surface area contributed by atoms with Gasteiger partial charge in [-0.15, -0.1) is 23.7 Å². The van der Waals surface area contributed by atoms with Crippen LogP contribution in [-0.4, -0.2) is 45.9 Å². The summed E-state index contributed by atoms with van der Waals surface area (Å²) in [5.74, 6) is -1.95. The Bertz CT molecular complexity index is 1190. The number of nitrogens with zero attached hydrogens (tertiary/aromatic N) is 3. The average Bonchev–Trinajstić information content (AvgIpc) is 3.28. The normalized spacial score (nSPS) is 20.8. The molecule has 7 nitrogen and oxygen atoms in total. The lowest BCUT2D eigenvalue weighted by Crippen LogP contribution is -2.53. The van der Waals surface area contributed by atoms with Crippen LogP contribution in [0.25, 0.3) is 21.6 Å². The van der Waals surface area contributed by atoms with Gasteiger partial charge in [0.15, 0.2) is 5.82 Å². The fraction of sp³-hybridized carbons (Fsp3) is 0.222. The van der Waals surface area contributed by atoms with Crippen molar-refractivity contribution in [1.29, 1.82) is 0 Å². The lowest BCUT2D eigenvalue weighted by atomic mass is 10.0. The summed E-state index contributed by atoms with van der Waals surface area (Å²) in [6.45, 7) is 0.689. The summed E-state index contributed by atoms with van der Waals surface area (Å²) in [5.41, 5.74) is 0.873. The molecule has 2 aliphatic heterocycles. The van der Waals surface area contributed by atoms with Crippen LogP contribution >= 0.6 is 35.3 Å². The maximum atomic E-state index is 14.5. The molecule has 0 radical (unpaired) electrons. The van der Waals surface area contributed by atoms with Crippen molar-refractivity contribution < 1.29 is 18.4 Å². The van der Waals surface area contributed by atoms with Crippen LogP contribution in [0.15, 0.2) is 23.6 Å². The highest BCUT2D eigenvalue weighted by Gasteiger charge is 2.46. The zero-order valence-corrected chi connectivity index (χ0v) is 17.4. The highest BCUT2D eigenvalue weighted by Crippen LogP contribution is 2.36. The van der Waals surface area contributed by atoms with Gasteiger partial charge in [-0.2, -0.15) is 0 Å². The highest BCUT2D eigenvalue weighted by atomic mass is 35.5. The minimum atomic E-state index is -0.789. The Balaban J connectivity index is 0.00000218. The second kappa shape index (κ2) is 7.69. The van der Waals surface area contributed by atoms with Crippen molar-refractivity contribution in [3.05, 3.63) is 45.9 Å². The van der Waals surface area contributed by atoms with E-state index in [4.69, 9.17) is 11.6 Å². The third-order valence-corrected chi connectivity index (χ3v) is 6.23. The summed E-state index contributed by atoms with van der Waals surface area (Å²) >= 11 is 7.02. The van der Waals surface area contributed by atoms with Gasteiger partial charge in [-0.05, 0) is 23.6 Å². The summed E-state index contributed by atoms with van der Waals surface area (Å²) in [5, 5.41) is 6.91. The Morgan fingerprint density at radius 3 is 2.70 bits per heavy atom. The number of imide groups is 1. The van der Waals surface area contributed by atoms with Crippen molar-refractivity contribution >= 4 is 57.5 Å². The van der Waals surface area contributed by atoms with Crippen molar-refractivity contribution in [2.45, 2.75) is 12.1 Å². The first-order chi connectivity index (χ1) is 13.9. The number of benzene rings is 1. The zero-order valence-electron chi connectivity index (χ0n) is 15.0. The maximum absolute atomic E-state index is 14.5. The summed E-state index contributed by atoms with van der Waals surface area (Å²) in [7, 11) is 0. The van der Waals surface area contributed by atoms with Gasteiger partial charge < -0.3 is 10.2 Å². The Labute approximate surface area is 183 Å². The first kappa shape index (κ1) is 20.9. The zero-order chi connectivity index (χ0) is 20.3. The molecule has 0 spiro atoms. The standard InChI is InChI=1S/C18H12ClF2N5O2S.ClH/c19-8-4-9(20)7(3-10(8)21)16-23-11-1-2-29-15(11)14(24-16)12-5-22-6-13-17(27)25-18(28)26(12)13;/h1-4,12-13,22H,5-6H2,(H,25,27,28);1H. The van der Waals surface area contributed by atoms with E-state index in [2.05, 4.69) is 20.6 Å². The van der Waals surface area contributed by atoms with Gasteiger partial charge in [0.2, 0.25) is 0 Å². The van der Waals surface area contributed by atoms with Gasteiger partial charge in [0.05, 0.1) is 32.5 Å². The average molecular weight is 472 g/mol. The van der Waals surface area contributed by atoms with E-state index >= 15 is 0 Å². The molecule has 4 heterocycles. The summed E-state index contributed by atoms with van der Waals surface area (Å²) in [6.07, 6.45) is 0. The number of hydrogen-bond donors (Lipinski definition) is 2. The van der Waals surface area contributed by atoms with E-state index < -0.39 is 29.7 Å². The smallest absolute Gasteiger partial charge is 0.312 e. The fourth-order valence-corrected chi connectivity index (χ4v) is 4.70. The van der Waals surface area contributed by atoms with Crippen LogP contribution in [0.5, 0.6) is 0 Å². The molecule has 2 fully saturated rings. The molecule has 2 saturated heterocycles. The monoisotopic (exact) mass is 471 g/mol. The van der Waals surface area contributed by atoms with Crippen LogP contribution in [0.1, 0.15) is 11.7 Å². The molecule has 3 aromatic rings. The van der Waals surface area contributed by atoms with E-state index in [1.165, 1.54) is 16.2 Å². The van der Waals surface area contributed by atoms with E-state index in [1.54, 1.807) is 11.4 Å². The van der Waals surface area contributed by atoms with Gasteiger partial charge in [0.1, 0.15) is 17.7 Å². The fourth-order valence-electron chi connectivity index (χ4n) is 3.68. The van der Waals surface area contributed by atoms with Crippen molar-refractivity contribution in [3.8, 4) is 11.4 Å². The van der Waals surface area contributed by atoms with Crippen molar-refractivity contribution in [1.82, 2.24) is 25.5 Å². The summed E-state index contributed by atoms with van der Waals surface area (Å²) in [6, 6.07) is 1.84. The third-order valence-electron chi connectivity index (χ3n) is 5.01. The molecule has 2 unspecified atom stereocenters. The predicted molar refractivity (Wildman–Crippen MR) is 110 cm³/mol. The van der Waals surface area contributed by atoms with Crippen LogP contribution in [0.4, 0.5) is 13.6 Å². The van der Waals surface area contributed by atoms with Crippen LogP contribution in [0.2, 0.25) is 5.02 Å². The molecule has 156 valence electrons. The number of nitrogens with one attached hydrogen (secondary N) is 2. The van der Waals surface area contributed by atoms with Crippen LogP contribution in [-0.2, 0) is 4.79 Å². The molecule has 0 aliphatic carbocycles. The lowest BCUT2D eigenvalue weighted by Gasteiger charge is -2.35. The Morgan fingerprint density at radius 2 is 1.90 bits per heavy atom. The van der Waals surface area contributed by atoms with Crippen molar-refractivity contribution in [3.63, 3.8) is 0 Å². The van der Waals surface area contributed by atoms with E-state index in [1.807, 2.05) is 0 Å². The van der Waals surface area contributed by atoms with Gasteiger partial charge >= 0.3 is 6.03 Å². The number of thiophene rings is 1. The van der Waals surface area contributed by atoms with E-state index in [0.29, 0.717) is 29.0 Å². The predicted octanol–water partition coefficient (Wildman–Crippen LogP) is 3.28. The number of urea groups is 1. The summed E-state index contributed by atoms with van der Waals surface area (Å²) in [4.78, 5) is 34.7. The highest BCUT2D eigenvalue weighted by molar-refractivity contribution is 7.17. The first-order valence-corrected chi connectivity index (χ1v) is 9.93. The number of fused-ring (bicyclic) bond motifs is 2. The van der Waals surface area contributed by atoms with Gasteiger partial charge in [0, 0.05) is 13.1 Å². The van der Waals surface area contributed by atoms with Crippen LogP contribution in [0.3, 0.4) is 0 Å². The quantitative estimate of drug-likeness (QED) is 0.442. The second-order valence-electron chi connectivity index (χ2n) is 6.71. The van der Waals surface area contributed by atoms with Crippen LogP contribution < -0.4 is 10.6 Å². The topological polar surface area (TPSA) is 87.2 Å². The molecule has 5 rings (SSSR count). The molecule has 2 N–H and O–H groups in total.